The highest BCUT2D eigenvalue weighted by Gasteiger charge is 2.59. The second kappa shape index (κ2) is 11.1. The van der Waals surface area contributed by atoms with Crippen molar-refractivity contribution in [1.82, 2.24) is 0 Å². The Kier molecular flexibility index (Phi) is 8.59. The Morgan fingerprint density at radius 1 is 0.972 bits per heavy atom. The van der Waals surface area contributed by atoms with E-state index in [0.29, 0.717) is 11.3 Å². The minimum Gasteiger partial charge on any atom is -0.489 e. The van der Waals surface area contributed by atoms with Crippen molar-refractivity contribution in [1.29, 1.82) is 0 Å². The molecule has 0 radical (unpaired) electrons. The van der Waals surface area contributed by atoms with E-state index in [-0.39, 0.29) is 40.2 Å². The second-order valence-electron chi connectivity index (χ2n) is 8.49. The molecule has 36 heavy (non-hydrogen) atoms. The van der Waals surface area contributed by atoms with Crippen LogP contribution in [0.1, 0.15) is 40.7 Å². The Hall–Kier alpha value is -2.74. The maximum Gasteiger partial charge on any atom is 0.422 e. The van der Waals surface area contributed by atoms with Crippen molar-refractivity contribution >= 4 is 29.2 Å². The molecular formula is C27H25Cl2F3O4. The van der Waals surface area contributed by atoms with Crippen LogP contribution in [0.5, 0.6) is 5.75 Å². The molecule has 0 aliphatic carbocycles. The van der Waals surface area contributed by atoms with E-state index in [1.54, 1.807) is 31.2 Å². The summed E-state index contributed by atoms with van der Waals surface area (Å²) in [4.78, 5) is 11.4. The average molecular weight is 541 g/mol. The first-order chi connectivity index (χ1) is 16.9. The molecule has 0 aromatic heterocycles. The third kappa shape index (κ3) is 5.97. The summed E-state index contributed by atoms with van der Waals surface area (Å²) < 4.78 is 53.0. The smallest absolute Gasteiger partial charge is 0.422 e. The van der Waals surface area contributed by atoms with E-state index in [2.05, 4.69) is 4.74 Å². The Balaban J connectivity index is 1.80. The van der Waals surface area contributed by atoms with Crippen LogP contribution < -0.4 is 4.74 Å². The summed E-state index contributed by atoms with van der Waals surface area (Å²) in [7, 11) is 1.32. The number of esters is 1. The number of aryl methyl sites for hydroxylation is 1. The third-order valence-corrected chi connectivity index (χ3v) is 6.85. The number of ether oxygens (including phenoxy) is 2. The molecule has 1 N–H and O–H groups in total. The summed E-state index contributed by atoms with van der Waals surface area (Å²) in [6.45, 7) is 3.10. The molecule has 3 aromatic carbocycles. The Labute approximate surface area is 217 Å². The largest absolute Gasteiger partial charge is 0.489 e. The van der Waals surface area contributed by atoms with Gasteiger partial charge in [0.15, 0.2) is 5.60 Å². The van der Waals surface area contributed by atoms with E-state index >= 15 is 0 Å². The highest BCUT2D eigenvalue weighted by atomic mass is 35.5. The lowest BCUT2D eigenvalue weighted by Gasteiger charge is -2.37. The van der Waals surface area contributed by atoms with Gasteiger partial charge < -0.3 is 14.6 Å². The fourth-order valence-corrected chi connectivity index (χ4v) is 4.34. The molecule has 3 aromatic rings. The molecule has 2 atom stereocenters. The Morgan fingerprint density at radius 3 is 2.17 bits per heavy atom. The van der Waals surface area contributed by atoms with Gasteiger partial charge in [-0.25, -0.2) is 0 Å². The van der Waals surface area contributed by atoms with Crippen LogP contribution in [0, 0.1) is 6.92 Å². The number of aliphatic hydroxyl groups is 1. The van der Waals surface area contributed by atoms with Gasteiger partial charge in [0.2, 0.25) is 0 Å². The summed E-state index contributed by atoms with van der Waals surface area (Å²) in [6, 6.07) is 15.3. The summed E-state index contributed by atoms with van der Waals surface area (Å²) in [6.07, 6.45) is -4.84. The lowest BCUT2D eigenvalue weighted by Crippen LogP contribution is -2.46. The zero-order chi connectivity index (χ0) is 26.7. The third-order valence-electron chi connectivity index (χ3n) is 6.11. The van der Waals surface area contributed by atoms with Gasteiger partial charge in [-0.1, -0.05) is 72.6 Å². The van der Waals surface area contributed by atoms with Gasteiger partial charge in [0.05, 0.1) is 13.5 Å². The lowest BCUT2D eigenvalue weighted by molar-refractivity contribution is -0.274. The highest BCUT2D eigenvalue weighted by Crippen LogP contribution is 2.50. The van der Waals surface area contributed by atoms with Gasteiger partial charge in [0.1, 0.15) is 12.4 Å². The quantitative estimate of drug-likeness (QED) is 0.308. The van der Waals surface area contributed by atoms with Crippen LogP contribution in [0.3, 0.4) is 0 Å². The van der Waals surface area contributed by atoms with Gasteiger partial charge in [0, 0.05) is 16.0 Å². The number of alkyl halides is 3. The first-order valence-corrected chi connectivity index (χ1v) is 11.7. The van der Waals surface area contributed by atoms with Crippen LogP contribution in [0.4, 0.5) is 13.2 Å². The molecule has 0 amide bonds. The van der Waals surface area contributed by atoms with Crippen LogP contribution in [0.15, 0.2) is 60.7 Å². The first-order valence-electron chi connectivity index (χ1n) is 11.0. The topological polar surface area (TPSA) is 55.8 Å². The summed E-state index contributed by atoms with van der Waals surface area (Å²) >= 11 is 12.4. The van der Waals surface area contributed by atoms with Crippen LogP contribution in [-0.2, 0) is 28.2 Å². The zero-order valence-electron chi connectivity index (χ0n) is 19.8. The molecule has 0 heterocycles. The molecule has 9 heteroatoms. The Bertz CT molecular complexity index is 1230. The maximum atomic E-state index is 14.2. The molecule has 192 valence electrons. The van der Waals surface area contributed by atoms with Gasteiger partial charge in [-0.2, -0.15) is 13.2 Å². The fourth-order valence-electron chi connectivity index (χ4n) is 3.82. The van der Waals surface area contributed by atoms with Crippen LogP contribution >= 0.6 is 23.2 Å². The van der Waals surface area contributed by atoms with E-state index in [4.69, 9.17) is 27.9 Å². The van der Waals surface area contributed by atoms with Gasteiger partial charge in [0.25, 0.3) is 0 Å². The van der Waals surface area contributed by atoms with Crippen LogP contribution in [0.25, 0.3) is 0 Å². The molecule has 0 saturated heterocycles. The van der Waals surface area contributed by atoms with Crippen LogP contribution in [0.2, 0.25) is 10.0 Å². The van der Waals surface area contributed by atoms with E-state index in [1.165, 1.54) is 44.4 Å². The Morgan fingerprint density at radius 2 is 1.61 bits per heavy atom. The van der Waals surface area contributed by atoms with Crippen molar-refractivity contribution in [2.45, 2.75) is 44.6 Å². The first kappa shape index (κ1) is 27.8. The minimum absolute atomic E-state index is 0.0225. The zero-order valence-corrected chi connectivity index (χ0v) is 21.3. The average Bonchev–Trinajstić information content (AvgIpc) is 2.83. The maximum absolute atomic E-state index is 14.2. The minimum atomic E-state index is -5.00. The molecule has 0 aliphatic rings. The number of rotatable bonds is 8. The highest BCUT2D eigenvalue weighted by molar-refractivity contribution is 6.31. The number of methoxy groups -OCH3 is 1. The summed E-state index contributed by atoms with van der Waals surface area (Å²) in [5.41, 5.74) is -1.28. The van der Waals surface area contributed by atoms with E-state index < -0.39 is 17.7 Å². The number of halogens is 5. The van der Waals surface area contributed by atoms with Gasteiger partial charge in [-0.3, -0.25) is 4.79 Å². The fraction of sp³-hybridized carbons (Fsp3) is 0.296. The predicted octanol–water partition coefficient (Wildman–Crippen LogP) is 7.15. The van der Waals surface area contributed by atoms with Gasteiger partial charge in [-0.05, 0) is 52.9 Å². The monoisotopic (exact) mass is 540 g/mol. The van der Waals surface area contributed by atoms with E-state index in [9.17, 15) is 23.1 Å². The molecule has 0 bridgehead atoms. The van der Waals surface area contributed by atoms with Crippen molar-refractivity contribution < 1.29 is 32.5 Å². The number of hydrogen-bond acceptors (Lipinski definition) is 4. The molecule has 2 unspecified atom stereocenters. The number of carbonyl (C=O) groups is 1. The number of hydrogen-bond donors (Lipinski definition) is 1. The van der Waals surface area contributed by atoms with Crippen molar-refractivity contribution in [3.63, 3.8) is 0 Å². The lowest BCUT2D eigenvalue weighted by atomic mass is 9.77. The number of benzene rings is 3. The molecule has 0 aliphatic heterocycles. The van der Waals surface area contributed by atoms with Crippen molar-refractivity contribution in [2.75, 3.05) is 7.11 Å². The normalized spacial score (nSPS) is 14.1. The summed E-state index contributed by atoms with van der Waals surface area (Å²) in [5, 5.41) is 11.1. The van der Waals surface area contributed by atoms with Crippen LogP contribution in [-0.4, -0.2) is 24.4 Å². The van der Waals surface area contributed by atoms with E-state index in [0.717, 1.165) is 17.2 Å². The summed E-state index contributed by atoms with van der Waals surface area (Å²) in [5.74, 6) is -1.44. The van der Waals surface area contributed by atoms with Crippen molar-refractivity contribution in [3.05, 3.63) is 98.5 Å². The number of carbonyl (C=O) groups excluding carboxylic acids is 1. The van der Waals surface area contributed by atoms with Gasteiger partial charge in [-0.15, -0.1) is 0 Å². The molecule has 3 rings (SSSR count). The van der Waals surface area contributed by atoms with Gasteiger partial charge >= 0.3 is 12.1 Å². The van der Waals surface area contributed by atoms with Crippen molar-refractivity contribution in [2.24, 2.45) is 0 Å². The molecule has 4 nitrogen and oxygen atoms in total. The molecule has 0 fully saturated rings. The molecule has 0 saturated carbocycles. The van der Waals surface area contributed by atoms with E-state index in [1.807, 2.05) is 0 Å². The second-order valence-corrected chi connectivity index (χ2v) is 9.31. The predicted molar refractivity (Wildman–Crippen MR) is 133 cm³/mol. The standard InChI is InChI=1S/C27H25Cl2F3O4/c1-16-4-9-20(13-23(16)28)26(34,27(30,31)32)17(2)22-11-10-21(14-24(22)29)36-15-19-7-5-18(6-8-19)12-25(33)35-3/h4-11,13-14,17,34H,12,15H2,1-3H3. The SMILES string of the molecule is COC(=O)Cc1ccc(COc2ccc(C(C)C(O)(c3ccc(C)c(Cl)c3)C(F)(F)F)c(Cl)c2)cc1. The molecular weight excluding hydrogens is 516 g/mol. The van der Waals surface area contributed by atoms with Crippen molar-refractivity contribution in [3.8, 4) is 5.75 Å². The molecule has 0 spiro atoms.